The maximum absolute atomic E-state index is 13.2. The molecular formula is C28H22Cl2N2O5. The quantitative estimate of drug-likeness (QED) is 0.217. The number of urea groups is 1. The van der Waals surface area contributed by atoms with E-state index in [1.54, 1.807) is 36.4 Å². The van der Waals surface area contributed by atoms with Crippen molar-refractivity contribution < 1.29 is 23.9 Å². The summed E-state index contributed by atoms with van der Waals surface area (Å²) < 4.78 is 11.6. The molecule has 1 N–H and O–H groups in total. The number of carbonyl (C=O) groups excluding carboxylic acids is 3. The lowest BCUT2D eigenvalue weighted by atomic mass is 10.0. The van der Waals surface area contributed by atoms with Gasteiger partial charge >= 0.3 is 6.03 Å². The van der Waals surface area contributed by atoms with Crippen LogP contribution < -0.4 is 19.7 Å². The summed E-state index contributed by atoms with van der Waals surface area (Å²) >= 11 is 12.2. The molecule has 0 aromatic heterocycles. The van der Waals surface area contributed by atoms with Crippen molar-refractivity contribution in [1.29, 1.82) is 0 Å². The van der Waals surface area contributed by atoms with E-state index in [2.05, 4.69) is 11.9 Å². The number of barbiturate groups is 1. The smallest absolute Gasteiger partial charge is 0.335 e. The number of imide groups is 2. The second-order valence-electron chi connectivity index (χ2n) is 8.02. The first-order chi connectivity index (χ1) is 17.8. The summed E-state index contributed by atoms with van der Waals surface area (Å²) in [5.41, 5.74) is 2.09. The fraction of sp³-hybridized carbons (Fsp3) is 0.107. The highest BCUT2D eigenvalue weighted by atomic mass is 35.5. The normalized spacial score (nSPS) is 14.5. The Kier molecular flexibility index (Phi) is 7.96. The van der Waals surface area contributed by atoms with Gasteiger partial charge in [-0.15, -0.1) is 6.58 Å². The number of ether oxygens (including phenoxy) is 2. The first-order valence-corrected chi connectivity index (χ1v) is 11.9. The van der Waals surface area contributed by atoms with Crippen LogP contribution in [0.15, 0.2) is 78.9 Å². The van der Waals surface area contributed by atoms with Crippen molar-refractivity contribution >= 4 is 52.8 Å². The molecule has 4 rings (SSSR count). The molecule has 0 radical (unpaired) electrons. The lowest BCUT2D eigenvalue weighted by Gasteiger charge is -2.26. The average molecular weight is 537 g/mol. The number of hydrogen-bond acceptors (Lipinski definition) is 5. The largest absolute Gasteiger partial charge is 0.493 e. The molecule has 37 heavy (non-hydrogen) atoms. The molecule has 0 atom stereocenters. The highest BCUT2D eigenvalue weighted by Crippen LogP contribution is 2.36. The van der Waals surface area contributed by atoms with Gasteiger partial charge < -0.3 is 9.47 Å². The first-order valence-electron chi connectivity index (χ1n) is 11.2. The van der Waals surface area contributed by atoms with Crippen LogP contribution >= 0.6 is 23.2 Å². The Hall–Kier alpha value is -4.07. The predicted molar refractivity (Wildman–Crippen MR) is 143 cm³/mol. The SMILES string of the molecule is C=CCc1cc(/C=C2\C(=O)NC(=O)N(c3ccc(Cl)cc3)C2=O)cc(OC)c1OCc1ccccc1Cl. The number of carbonyl (C=O) groups is 3. The second kappa shape index (κ2) is 11.3. The predicted octanol–water partition coefficient (Wildman–Crippen LogP) is 5.98. The summed E-state index contributed by atoms with van der Waals surface area (Å²) in [6.07, 6.45) is 3.54. The van der Waals surface area contributed by atoms with Gasteiger partial charge in [-0.05, 0) is 60.5 Å². The number of anilines is 1. The van der Waals surface area contributed by atoms with Gasteiger partial charge in [0.05, 0.1) is 12.8 Å². The van der Waals surface area contributed by atoms with Crippen molar-refractivity contribution in [3.8, 4) is 11.5 Å². The number of amides is 4. The fourth-order valence-corrected chi connectivity index (χ4v) is 4.12. The minimum atomic E-state index is -0.845. The molecule has 1 aliphatic rings. The van der Waals surface area contributed by atoms with E-state index < -0.39 is 17.8 Å². The second-order valence-corrected chi connectivity index (χ2v) is 8.86. The Morgan fingerprint density at radius 3 is 2.41 bits per heavy atom. The summed E-state index contributed by atoms with van der Waals surface area (Å²) in [4.78, 5) is 39.2. The molecule has 0 aliphatic carbocycles. The third-order valence-corrected chi connectivity index (χ3v) is 6.19. The molecule has 1 heterocycles. The molecule has 9 heteroatoms. The third-order valence-electron chi connectivity index (χ3n) is 5.57. The molecule has 1 saturated heterocycles. The van der Waals surface area contributed by atoms with Gasteiger partial charge in [0.15, 0.2) is 11.5 Å². The van der Waals surface area contributed by atoms with E-state index in [9.17, 15) is 14.4 Å². The maximum atomic E-state index is 13.2. The van der Waals surface area contributed by atoms with Gasteiger partial charge in [0.1, 0.15) is 12.2 Å². The minimum absolute atomic E-state index is 0.208. The Labute approximate surface area is 223 Å². The number of halogens is 2. The van der Waals surface area contributed by atoms with Crippen LogP contribution in [0, 0.1) is 0 Å². The Balaban J connectivity index is 1.70. The molecule has 1 fully saturated rings. The van der Waals surface area contributed by atoms with Crippen LogP contribution in [-0.2, 0) is 22.6 Å². The zero-order chi connectivity index (χ0) is 26.5. The van der Waals surface area contributed by atoms with Gasteiger partial charge in [-0.2, -0.15) is 0 Å². The van der Waals surface area contributed by atoms with Gasteiger partial charge in [0, 0.05) is 21.2 Å². The molecule has 3 aromatic rings. The van der Waals surface area contributed by atoms with Crippen molar-refractivity contribution in [3.05, 3.63) is 106 Å². The Bertz CT molecular complexity index is 1420. The number of methoxy groups -OCH3 is 1. The summed E-state index contributed by atoms with van der Waals surface area (Å²) in [5.74, 6) is -0.683. The van der Waals surface area contributed by atoms with Crippen molar-refractivity contribution in [2.24, 2.45) is 0 Å². The highest BCUT2D eigenvalue weighted by Gasteiger charge is 2.36. The van der Waals surface area contributed by atoms with E-state index >= 15 is 0 Å². The van der Waals surface area contributed by atoms with Gasteiger partial charge in [-0.3, -0.25) is 14.9 Å². The molecule has 4 amide bonds. The Morgan fingerprint density at radius 2 is 1.73 bits per heavy atom. The van der Waals surface area contributed by atoms with Crippen LogP contribution in [0.1, 0.15) is 16.7 Å². The summed E-state index contributed by atoms with van der Waals surface area (Å²) in [5, 5.41) is 3.23. The van der Waals surface area contributed by atoms with E-state index in [4.69, 9.17) is 32.7 Å². The number of rotatable bonds is 8. The molecule has 0 spiro atoms. The van der Waals surface area contributed by atoms with Crippen LogP contribution in [0.4, 0.5) is 10.5 Å². The van der Waals surface area contributed by atoms with Crippen LogP contribution in [0.5, 0.6) is 11.5 Å². The van der Waals surface area contributed by atoms with E-state index in [1.165, 1.54) is 25.3 Å². The number of hydrogen-bond donors (Lipinski definition) is 1. The number of benzene rings is 3. The summed E-state index contributed by atoms with van der Waals surface area (Å²) in [6, 6.07) is 16.0. The van der Waals surface area contributed by atoms with E-state index in [0.29, 0.717) is 33.5 Å². The van der Waals surface area contributed by atoms with Gasteiger partial charge in [-0.1, -0.05) is 47.5 Å². The van der Waals surface area contributed by atoms with Crippen molar-refractivity contribution in [1.82, 2.24) is 5.32 Å². The first kappa shape index (κ1) is 26.0. The summed E-state index contributed by atoms with van der Waals surface area (Å²) in [7, 11) is 1.49. The maximum Gasteiger partial charge on any atom is 0.335 e. The van der Waals surface area contributed by atoms with Gasteiger partial charge in [0.25, 0.3) is 11.8 Å². The van der Waals surface area contributed by atoms with Crippen molar-refractivity contribution in [2.45, 2.75) is 13.0 Å². The minimum Gasteiger partial charge on any atom is -0.493 e. The molecule has 3 aromatic carbocycles. The molecule has 0 unspecified atom stereocenters. The monoisotopic (exact) mass is 536 g/mol. The van der Waals surface area contributed by atoms with E-state index in [1.807, 2.05) is 18.2 Å². The van der Waals surface area contributed by atoms with Gasteiger partial charge in [0.2, 0.25) is 0 Å². The zero-order valence-electron chi connectivity index (χ0n) is 19.8. The highest BCUT2D eigenvalue weighted by molar-refractivity contribution is 6.39. The molecule has 0 saturated carbocycles. The topological polar surface area (TPSA) is 84.9 Å². The lowest BCUT2D eigenvalue weighted by molar-refractivity contribution is -0.122. The molecule has 0 bridgehead atoms. The number of nitrogens with zero attached hydrogens (tertiary/aromatic N) is 1. The van der Waals surface area contributed by atoms with Crippen molar-refractivity contribution in [3.63, 3.8) is 0 Å². The van der Waals surface area contributed by atoms with Crippen LogP contribution in [0.2, 0.25) is 10.0 Å². The van der Waals surface area contributed by atoms with Crippen LogP contribution in [-0.4, -0.2) is 25.0 Å². The standard InChI is InChI=1S/C28H22Cl2N2O5/c1-3-6-18-13-17(15-24(36-2)25(18)37-16-19-7-4-5-8-23(19)30)14-22-26(33)31-28(35)32(27(22)34)21-11-9-20(29)10-12-21/h3-5,7-15H,1,6,16H2,2H3,(H,31,33,35)/b22-14+. The average Bonchev–Trinajstić information content (AvgIpc) is 2.87. The summed E-state index contributed by atoms with van der Waals surface area (Å²) in [6.45, 7) is 4.02. The van der Waals surface area contributed by atoms with Crippen molar-refractivity contribution in [2.75, 3.05) is 12.0 Å². The zero-order valence-corrected chi connectivity index (χ0v) is 21.3. The third kappa shape index (κ3) is 5.69. The lowest BCUT2D eigenvalue weighted by Crippen LogP contribution is -2.54. The molecule has 188 valence electrons. The molecule has 1 aliphatic heterocycles. The number of nitrogens with one attached hydrogen (secondary N) is 1. The van der Waals surface area contributed by atoms with Crippen LogP contribution in [0.25, 0.3) is 6.08 Å². The van der Waals surface area contributed by atoms with Gasteiger partial charge in [-0.25, -0.2) is 9.69 Å². The van der Waals surface area contributed by atoms with E-state index in [0.717, 1.165) is 16.0 Å². The van der Waals surface area contributed by atoms with E-state index in [-0.39, 0.29) is 17.9 Å². The van der Waals surface area contributed by atoms with Crippen LogP contribution in [0.3, 0.4) is 0 Å². The number of allylic oxidation sites excluding steroid dienone is 1. The molecular weight excluding hydrogens is 515 g/mol. The molecule has 7 nitrogen and oxygen atoms in total. The Morgan fingerprint density at radius 1 is 1.00 bits per heavy atom. The fourth-order valence-electron chi connectivity index (χ4n) is 3.80.